The number of H-pyrrole nitrogens is 1. The minimum atomic E-state index is -0.230. The number of hydrogen-bond acceptors (Lipinski definition) is 5. The van der Waals surface area contributed by atoms with Crippen molar-refractivity contribution in [3.05, 3.63) is 21.3 Å². The predicted octanol–water partition coefficient (Wildman–Crippen LogP) is 1.63. The molecule has 0 aliphatic heterocycles. The molecular formula is C10H13N5OS. The van der Waals surface area contributed by atoms with E-state index in [2.05, 4.69) is 20.5 Å². The average Bonchev–Trinajstić information content (AvgIpc) is 2.75. The molecule has 6 nitrogen and oxygen atoms in total. The highest BCUT2D eigenvalue weighted by molar-refractivity contribution is 7.13. The van der Waals surface area contributed by atoms with Crippen molar-refractivity contribution in [3.8, 4) is 0 Å². The molecule has 0 aliphatic carbocycles. The van der Waals surface area contributed by atoms with Crippen LogP contribution in [0.25, 0.3) is 0 Å². The number of nitrogens with two attached hydrogens (primary N) is 1. The van der Waals surface area contributed by atoms with Crippen LogP contribution in [0.4, 0.5) is 11.5 Å². The van der Waals surface area contributed by atoms with Crippen LogP contribution in [0.5, 0.6) is 0 Å². The molecule has 90 valence electrons. The topological polar surface area (TPSA) is 96.7 Å². The molecule has 0 fully saturated rings. The van der Waals surface area contributed by atoms with Crippen LogP contribution < -0.4 is 11.1 Å². The van der Waals surface area contributed by atoms with Gasteiger partial charge in [0.2, 0.25) is 0 Å². The summed E-state index contributed by atoms with van der Waals surface area (Å²) < 4.78 is 0. The summed E-state index contributed by atoms with van der Waals surface area (Å²) in [5.74, 6) is 0.129. The molecule has 0 saturated heterocycles. The van der Waals surface area contributed by atoms with E-state index in [1.807, 2.05) is 6.92 Å². The van der Waals surface area contributed by atoms with E-state index >= 15 is 0 Å². The molecule has 0 bridgehead atoms. The highest BCUT2D eigenvalue weighted by atomic mass is 32.1. The summed E-state index contributed by atoms with van der Waals surface area (Å²) in [5.41, 5.74) is 7.66. The smallest absolute Gasteiger partial charge is 0.268 e. The van der Waals surface area contributed by atoms with Gasteiger partial charge in [0.05, 0.1) is 22.1 Å². The first-order valence-corrected chi connectivity index (χ1v) is 5.86. The Morgan fingerprint density at radius 3 is 2.59 bits per heavy atom. The van der Waals surface area contributed by atoms with E-state index in [4.69, 9.17) is 5.73 Å². The molecule has 0 atom stereocenters. The molecule has 2 aromatic rings. The molecule has 2 rings (SSSR count). The van der Waals surface area contributed by atoms with Crippen molar-refractivity contribution in [3.63, 3.8) is 0 Å². The van der Waals surface area contributed by atoms with Crippen molar-refractivity contribution in [2.24, 2.45) is 0 Å². The van der Waals surface area contributed by atoms with Crippen molar-refractivity contribution in [1.29, 1.82) is 0 Å². The Morgan fingerprint density at radius 1 is 1.41 bits per heavy atom. The van der Waals surface area contributed by atoms with Gasteiger partial charge >= 0.3 is 0 Å². The summed E-state index contributed by atoms with van der Waals surface area (Å²) >= 11 is 1.35. The van der Waals surface area contributed by atoms with Crippen molar-refractivity contribution < 1.29 is 4.79 Å². The average molecular weight is 251 g/mol. The number of aromatic amines is 1. The maximum absolute atomic E-state index is 12.0. The highest BCUT2D eigenvalue weighted by Crippen LogP contribution is 2.22. The summed E-state index contributed by atoms with van der Waals surface area (Å²) in [6.45, 7) is 5.46. The van der Waals surface area contributed by atoms with Gasteiger partial charge in [-0.1, -0.05) is 0 Å². The van der Waals surface area contributed by atoms with Gasteiger partial charge in [0.1, 0.15) is 4.88 Å². The number of hydrogen-bond donors (Lipinski definition) is 3. The van der Waals surface area contributed by atoms with E-state index in [1.165, 1.54) is 11.3 Å². The van der Waals surface area contributed by atoms with Crippen LogP contribution in [-0.4, -0.2) is 21.1 Å². The number of amides is 1. The molecule has 17 heavy (non-hydrogen) atoms. The lowest BCUT2D eigenvalue weighted by atomic mass is 10.3. The summed E-state index contributed by atoms with van der Waals surface area (Å²) in [4.78, 5) is 16.7. The molecule has 0 unspecified atom stereocenters. The van der Waals surface area contributed by atoms with Crippen molar-refractivity contribution in [2.75, 3.05) is 11.1 Å². The normalized spacial score (nSPS) is 10.5. The molecule has 0 radical (unpaired) electrons. The van der Waals surface area contributed by atoms with Crippen LogP contribution >= 0.6 is 11.3 Å². The molecule has 1 amide bonds. The van der Waals surface area contributed by atoms with E-state index in [9.17, 15) is 4.79 Å². The molecule has 0 saturated carbocycles. The minimum absolute atomic E-state index is 0.230. The number of nitrogen functional groups attached to an aromatic ring is 1. The SMILES string of the molecule is Cc1nc(C)c(C(=O)Nc2n[nH]c(C)c2N)s1. The Kier molecular flexibility index (Phi) is 2.84. The van der Waals surface area contributed by atoms with E-state index in [-0.39, 0.29) is 5.91 Å². The summed E-state index contributed by atoms with van der Waals surface area (Å²) in [6.07, 6.45) is 0. The van der Waals surface area contributed by atoms with Gasteiger partial charge in [0.25, 0.3) is 5.91 Å². The number of nitrogens with zero attached hydrogens (tertiary/aromatic N) is 2. The molecule has 0 aliphatic rings. The third kappa shape index (κ3) is 2.14. The van der Waals surface area contributed by atoms with E-state index < -0.39 is 0 Å². The second-order valence-corrected chi connectivity index (χ2v) is 4.92. The lowest BCUT2D eigenvalue weighted by Crippen LogP contribution is -2.13. The first-order chi connectivity index (χ1) is 7.99. The van der Waals surface area contributed by atoms with Crippen molar-refractivity contribution in [2.45, 2.75) is 20.8 Å². The maximum Gasteiger partial charge on any atom is 0.268 e. The zero-order valence-electron chi connectivity index (χ0n) is 9.79. The zero-order valence-corrected chi connectivity index (χ0v) is 10.6. The summed E-state index contributed by atoms with van der Waals surface area (Å²) in [5, 5.41) is 10.2. The molecule has 4 N–H and O–H groups in total. The number of rotatable bonds is 2. The fraction of sp³-hybridized carbons (Fsp3) is 0.300. The third-order valence-electron chi connectivity index (χ3n) is 2.34. The number of thiazole rings is 1. The van der Waals surface area contributed by atoms with E-state index in [0.717, 1.165) is 16.4 Å². The van der Waals surface area contributed by atoms with E-state index in [0.29, 0.717) is 16.4 Å². The summed E-state index contributed by atoms with van der Waals surface area (Å²) in [6, 6.07) is 0. The predicted molar refractivity (Wildman–Crippen MR) is 67.3 cm³/mol. The van der Waals surface area contributed by atoms with Gasteiger partial charge in [0.15, 0.2) is 5.82 Å². The second-order valence-electron chi connectivity index (χ2n) is 3.71. The first-order valence-electron chi connectivity index (χ1n) is 5.05. The number of anilines is 2. The molecule has 0 spiro atoms. The molecule has 2 aromatic heterocycles. The highest BCUT2D eigenvalue weighted by Gasteiger charge is 2.16. The van der Waals surface area contributed by atoms with E-state index in [1.54, 1.807) is 13.8 Å². The van der Waals surface area contributed by atoms with Gasteiger partial charge in [-0.25, -0.2) is 4.98 Å². The standard InChI is InChI=1S/C10H13N5OS/c1-4-7(11)9(15-14-4)13-10(16)8-5(2)12-6(3)17-8/h11H2,1-3H3,(H2,13,14,15,16). The number of carbonyl (C=O) groups excluding carboxylic acids is 1. The van der Waals surface area contributed by atoms with Crippen LogP contribution in [0.15, 0.2) is 0 Å². The number of carbonyl (C=O) groups is 1. The second kappa shape index (κ2) is 4.17. The quantitative estimate of drug-likeness (QED) is 0.755. The fourth-order valence-corrected chi connectivity index (χ4v) is 2.25. The van der Waals surface area contributed by atoms with Gasteiger partial charge in [-0.15, -0.1) is 11.3 Å². The van der Waals surface area contributed by atoms with Gasteiger partial charge in [-0.05, 0) is 20.8 Å². The number of nitrogens with one attached hydrogen (secondary N) is 2. The number of aromatic nitrogens is 3. The maximum atomic E-state index is 12.0. The monoisotopic (exact) mass is 251 g/mol. The summed E-state index contributed by atoms with van der Waals surface area (Å²) in [7, 11) is 0. The Labute approximate surface area is 102 Å². The lowest BCUT2D eigenvalue weighted by molar-refractivity contribution is 0.102. The first kappa shape index (κ1) is 11.6. The number of aryl methyl sites for hydroxylation is 3. The Balaban J connectivity index is 2.23. The van der Waals surface area contributed by atoms with Crippen molar-refractivity contribution in [1.82, 2.24) is 15.2 Å². The van der Waals surface area contributed by atoms with Gasteiger partial charge in [-0.3, -0.25) is 9.89 Å². The van der Waals surface area contributed by atoms with Crippen LogP contribution in [0, 0.1) is 20.8 Å². The third-order valence-corrected chi connectivity index (χ3v) is 3.41. The molecular weight excluding hydrogens is 238 g/mol. The Morgan fingerprint density at radius 2 is 2.12 bits per heavy atom. The zero-order chi connectivity index (χ0) is 12.6. The fourth-order valence-electron chi connectivity index (χ4n) is 1.44. The van der Waals surface area contributed by atoms with Gasteiger partial charge in [-0.2, -0.15) is 5.10 Å². The Hall–Kier alpha value is -1.89. The lowest BCUT2D eigenvalue weighted by Gasteiger charge is -2.01. The van der Waals surface area contributed by atoms with Crippen LogP contribution in [-0.2, 0) is 0 Å². The molecule has 7 heteroatoms. The van der Waals surface area contributed by atoms with Crippen LogP contribution in [0.1, 0.15) is 26.1 Å². The minimum Gasteiger partial charge on any atom is -0.394 e. The van der Waals surface area contributed by atoms with Gasteiger partial charge < -0.3 is 11.1 Å². The Bertz CT molecular complexity index is 571. The van der Waals surface area contributed by atoms with Crippen LogP contribution in [0.3, 0.4) is 0 Å². The largest absolute Gasteiger partial charge is 0.394 e. The van der Waals surface area contributed by atoms with Crippen LogP contribution in [0.2, 0.25) is 0 Å². The van der Waals surface area contributed by atoms with Gasteiger partial charge in [0, 0.05) is 0 Å². The molecule has 2 heterocycles. The molecule has 0 aromatic carbocycles. The van der Waals surface area contributed by atoms with Crippen molar-refractivity contribution >= 4 is 28.7 Å².